The van der Waals surface area contributed by atoms with Crippen LogP contribution in [0.3, 0.4) is 0 Å². The summed E-state index contributed by atoms with van der Waals surface area (Å²) in [4.78, 5) is 0. The maximum atomic E-state index is 6.13. The summed E-state index contributed by atoms with van der Waals surface area (Å²) in [5.41, 5.74) is 3.47. The molecule has 1 fully saturated rings. The van der Waals surface area contributed by atoms with Crippen molar-refractivity contribution in [2.24, 2.45) is 0 Å². The van der Waals surface area contributed by atoms with Crippen molar-refractivity contribution in [3.05, 3.63) is 77.9 Å². The Bertz CT molecular complexity index is 807. The molecular formula is C22H22NO+. The van der Waals surface area contributed by atoms with Crippen LogP contribution in [0.25, 0.3) is 11.3 Å². The highest BCUT2D eigenvalue weighted by atomic mass is 16.5. The molecule has 0 radical (unpaired) electrons. The van der Waals surface area contributed by atoms with Crippen molar-refractivity contribution in [3.63, 3.8) is 0 Å². The number of rotatable bonds is 2. The molecule has 0 spiro atoms. The molecule has 0 bridgehead atoms. The third kappa shape index (κ3) is 3.18. The van der Waals surface area contributed by atoms with Gasteiger partial charge in [0.05, 0.1) is 0 Å². The Morgan fingerprint density at radius 3 is 2.42 bits per heavy atom. The third-order valence-corrected chi connectivity index (χ3v) is 4.62. The van der Waals surface area contributed by atoms with Crippen molar-refractivity contribution in [1.29, 1.82) is 0 Å². The molecule has 2 heterocycles. The molecule has 2 aromatic rings. The number of benzene rings is 2. The fourth-order valence-corrected chi connectivity index (χ4v) is 3.30. The van der Waals surface area contributed by atoms with E-state index in [-0.39, 0.29) is 0 Å². The molecule has 0 amide bonds. The van der Waals surface area contributed by atoms with E-state index in [1.165, 1.54) is 24.8 Å². The van der Waals surface area contributed by atoms with Crippen molar-refractivity contribution in [1.82, 2.24) is 0 Å². The summed E-state index contributed by atoms with van der Waals surface area (Å²) in [7, 11) is 0. The molecule has 2 aliphatic heterocycles. The second-order valence-corrected chi connectivity index (χ2v) is 6.34. The first kappa shape index (κ1) is 14.9. The Kier molecular flexibility index (Phi) is 4.28. The van der Waals surface area contributed by atoms with Crippen LogP contribution in [-0.4, -0.2) is 23.9 Å². The van der Waals surface area contributed by atoms with Crippen molar-refractivity contribution in [3.8, 4) is 5.75 Å². The minimum atomic E-state index is 0.910. The average molecular weight is 316 g/mol. The van der Waals surface area contributed by atoms with Crippen LogP contribution in [0.2, 0.25) is 0 Å². The van der Waals surface area contributed by atoms with Crippen molar-refractivity contribution >= 4 is 17.5 Å². The summed E-state index contributed by atoms with van der Waals surface area (Å²) in [5.74, 6) is 1.84. The summed E-state index contributed by atoms with van der Waals surface area (Å²) in [6, 6.07) is 18.6. The van der Waals surface area contributed by atoms with E-state index in [9.17, 15) is 0 Å². The van der Waals surface area contributed by atoms with Crippen LogP contribution in [0.5, 0.6) is 5.75 Å². The summed E-state index contributed by atoms with van der Waals surface area (Å²) >= 11 is 0. The molecule has 120 valence electrons. The highest BCUT2D eigenvalue weighted by Crippen LogP contribution is 2.36. The molecule has 2 aliphatic rings. The van der Waals surface area contributed by atoms with Gasteiger partial charge in [-0.3, -0.25) is 0 Å². The van der Waals surface area contributed by atoms with Crippen molar-refractivity contribution in [2.75, 3.05) is 13.1 Å². The van der Waals surface area contributed by atoms with E-state index < -0.39 is 0 Å². The number of nitrogens with zero attached hydrogens (tertiary/aromatic N) is 1. The predicted octanol–water partition coefficient (Wildman–Crippen LogP) is 4.77. The van der Waals surface area contributed by atoms with E-state index in [1.54, 1.807) is 0 Å². The maximum Gasteiger partial charge on any atom is 0.163 e. The van der Waals surface area contributed by atoms with Crippen LogP contribution in [0, 0.1) is 0 Å². The monoisotopic (exact) mass is 316 g/mol. The molecule has 4 rings (SSSR count). The summed E-state index contributed by atoms with van der Waals surface area (Å²) in [6.45, 7) is 2.33. The number of fused-ring (bicyclic) bond motifs is 1. The van der Waals surface area contributed by atoms with Gasteiger partial charge in [0.2, 0.25) is 0 Å². The lowest BCUT2D eigenvalue weighted by molar-refractivity contribution is -0.532. The molecule has 2 aromatic carbocycles. The van der Waals surface area contributed by atoms with Crippen LogP contribution in [0.1, 0.15) is 30.4 Å². The lowest BCUT2D eigenvalue weighted by Crippen LogP contribution is -2.20. The van der Waals surface area contributed by atoms with E-state index in [1.807, 2.05) is 30.3 Å². The quantitative estimate of drug-likeness (QED) is 0.727. The van der Waals surface area contributed by atoms with Gasteiger partial charge in [0.25, 0.3) is 0 Å². The first-order valence-corrected chi connectivity index (χ1v) is 8.74. The number of ether oxygens (including phenoxy) is 1. The fourth-order valence-electron chi connectivity index (χ4n) is 3.30. The van der Waals surface area contributed by atoms with Gasteiger partial charge in [-0.05, 0) is 24.1 Å². The number of hydrogen-bond donors (Lipinski definition) is 0. The van der Waals surface area contributed by atoms with E-state index >= 15 is 0 Å². The second kappa shape index (κ2) is 6.88. The number of allylic oxidation sites excluding steroid dienone is 3. The van der Waals surface area contributed by atoms with E-state index in [4.69, 9.17) is 4.74 Å². The van der Waals surface area contributed by atoms with Gasteiger partial charge >= 0.3 is 0 Å². The van der Waals surface area contributed by atoms with Gasteiger partial charge in [-0.15, -0.1) is 0 Å². The number of para-hydroxylation sites is 1. The van der Waals surface area contributed by atoms with Crippen molar-refractivity contribution < 1.29 is 9.31 Å². The lowest BCUT2D eigenvalue weighted by Gasteiger charge is -2.20. The molecule has 0 N–H and O–H groups in total. The van der Waals surface area contributed by atoms with Crippen LogP contribution in [0.15, 0.2) is 66.7 Å². The minimum absolute atomic E-state index is 0.910. The average Bonchev–Trinajstić information content (AvgIpc) is 2.67. The zero-order valence-electron chi connectivity index (χ0n) is 13.8. The number of hydrogen-bond acceptors (Lipinski definition) is 1. The molecule has 0 aliphatic carbocycles. The minimum Gasteiger partial charge on any atom is -0.456 e. The van der Waals surface area contributed by atoms with Gasteiger partial charge in [0, 0.05) is 30.0 Å². The Morgan fingerprint density at radius 2 is 1.58 bits per heavy atom. The zero-order valence-corrected chi connectivity index (χ0v) is 13.8. The largest absolute Gasteiger partial charge is 0.456 e. The molecule has 2 heteroatoms. The Balaban J connectivity index is 1.73. The van der Waals surface area contributed by atoms with Gasteiger partial charge < -0.3 is 4.74 Å². The van der Waals surface area contributed by atoms with E-state index in [0.717, 1.165) is 35.7 Å². The Hall–Kier alpha value is -2.61. The van der Waals surface area contributed by atoms with Crippen LogP contribution in [-0.2, 0) is 0 Å². The highest BCUT2D eigenvalue weighted by molar-refractivity contribution is 5.94. The SMILES string of the molecule is C1=C(c2ccccc2)Oc2ccccc2/C1=C\C=[N+]1CCCCC1. The van der Waals surface area contributed by atoms with Crippen LogP contribution < -0.4 is 4.74 Å². The Morgan fingerprint density at radius 1 is 0.833 bits per heavy atom. The molecule has 0 unspecified atom stereocenters. The van der Waals surface area contributed by atoms with Gasteiger partial charge in [-0.2, -0.15) is 0 Å². The lowest BCUT2D eigenvalue weighted by atomic mass is 9.99. The second-order valence-electron chi connectivity index (χ2n) is 6.34. The predicted molar refractivity (Wildman–Crippen MR) is 99.4 cm³/mol. The maximum absolute atomic E-state index is 6.13. The number of piperidine rings is 1. The van der Waals surface area contributed by atoms with Crippen LogP contribution in [0.4, 0.5) is 0 Å². The first-order valence-electron chi connectivity index (χ1n) is 8.74. The van der Waals surface area contributed by atoms with Gasteiger partial charge in [-0.25, -0.2) is 4.58 Å². The molecular weight excluding hydrogens is 294 g/mol. The van der Waals surface area contributed by atoms with Gasteiger partial charge in [-0.1, -0.05) is 48.5 Å². The molecule has 0 aromatic heterocycles. The fraction of sp³-hybridized carbons (Fsp3) is 0.227. The normalized spacial score (nSPS) is 18.6. The summed E-state index contributed by atoms with van der Waals surface area (Å²) in [5, 5.41) is 0. The first-order chi connectivity index (χ1) is 11.9. The third-order valence-electron chi connectivity index (χ3n) is 4.62. The van der Waals surface area contributed by atoms with Gasteiger partial charge in [0.1, 0.15) is 24.6 Å². The summed E-state index contributed by atoms with van der Waals surface area (Å²) in [6.07, 6.45) is 10.6. The summed E-state index contributed by atoms with van der Waals surface area (Å²) < 4.78 is 8.55. The Labute approximate surface area is 143 Å². The van der Waals surface area contributed by atoms with E-state index in [2.05, 4.69) is 47.2 Å². The molecule has 0 atom stereocenters. The topological polar surface area (TPSA) is 12.2 Å². The molecule has 1 saturated heterocycles. The van der Waals surface area contributed by atoms with Gasteiger partial charge in [0.15, 0.2) is 6.21 Å². The van der Waals surface area contributed by atoms with Crippen LogP contribution >= 0.6 is 0 Å². The van der Waals surface area contributed by atoms with Crippen molar-refractivity contribution in [2.45, 2.75) is 19.3 Å². The van der Waals surface area contributed by atoms with E-state index in [0.29, 0.717) is 0 Å². The smallest absolute Gasteiger partial charge is 0.163 e. The molecule has 0 saturated carbocycles. The standard InChI is InChI=1S/C22H22NO/c1-3-9-18(10-4-1)22-17-19(13-16-23-14-7-2-8-15-23)20-11-5-6-12-21(20)24-22/h1,3-6,9-13,16-17H,2,7-8,14-15H2/q+1/b19-13-. The molecule has 2 nitrogen and oxygen atoms in total. The highest BCUT2D eigenvalue weighted by Gasteiger charge is 2.17. The molecule has 24 heavy (non-hydrogen) atoms. The zero-order chi connectivity index (χ0) is 16.2.